The van der Waals surface area contributed by atoms with Crippen LogP contribution in [0.3, 0.4) is 0 Å². The number of rotatable bonds is 5. The van der Waals surface area contributed by atoms with Gasteiger partial charge in [0.2, 0.25) is 0 Å². The minimum atomic E-state index is 0.289. The Morgan fingerprint density at radius 1 is 1.41 bits per heavy atom. The molecule has 0 radical (unpaired) electrons. The Labute approximate surface area is 110 Å². The lowest BCUT2D eigenvalue weighted by atomic mass is 9.92. The summed E-state index contributed by atoms with van der Waals surface area (Å²) in [6, 6.07) is 8.86. The Hall–Kier alpha value is -0.530. The molecule has 0 saturated heterocycles. The van der Waals surface area contributed by atoms with Crippen LogP contribution in [0.15, 0.2) is 24.3 Å². The van der Waals surface area contributed by atoms with E-state index >= 15 is 0 Å². The van der Waals surface area contributed by atoms with Crippen molar-refractivity contribution in [2.24, 2.45) is 5.92 Å². The first kappa shape index (κ1) is 12.9. The van der Waals surface area contributed by atoms with Crippen LogP contribution in [-0.2, 0) is 5.41 Å². The lowest BCUT2D eigenvalue weighted by Crippen LogP contribution is -2.33. The number of hydrogen-bond acceptors (Lipinski definition) is 1. The van der Waals surface area contributed by atoms with Gasteiger partial charge in [-0.2, -0.15) is 0 Å². The molecule has 0 spiro atoms. The quantitative estimate of drug-likeness (QED) is 0.834. The lowest BCUT2D eigenvalue weighted by molar-refractivity contribution is 0.487. The second-order valence-electron chi connectivity index (χ2n) is 5.48. The van der Waals surface area contributed by atoms with Gasteiger partial charge in [-0.3, -0.25) is 0 Å². The van der Waals surface area contributed by atoms with Gasteiger partial charge in [-0.15, -0.1) is 0 Å². The minimum absolute atomic E-state index is 0.289. The summed E-state index contributed by atoms with van der Waals surface area (Å²) >= 11 is 6.36. The third-order valence-corrected chi connectivity index (χ3v) is 4.29. The van der Waals surface area contributed by atoms with E-state index in [9.17, 15) is 0 Å². The fourth-order valence-electron chi connectivity index (χ4n) is 2.81. The Kier molecular flexibility index (Phi) is 3.79. The third-order valence-electron chi connectivity index (χ3n) is 3.96. The topological polar surface area (TPSA) is 12.0 Å². The van der Waals surface area contributed by atoms with Gasteiger partial charge in [0.15, 0.2) is 0 Å². The Balaban J connectivity index is 2.21. The third kappa shape index (κ3) is 2.51. The van der Waals surface area contributed by atoms with Gasteiger partial charge < -0.3 is 5.32 Å². The predicted octanol–water partition coefficient (Wildman–Crippen LogP) is 4.01. The summed E-state index contributed by atoms with van der Waals surface area (Å²) < 4.78 is 0. The number of halogens is 1. The maximum absolute atomic E-state index is 6.36. The second-order valence-corrected chi connectivity index (χ2v) is 5.89. The zero-order chi connectivity index (χ0) is 12.5. The number of nitrogens with one attached hydrogen (secondary N) is 1. The molecule has 2 unspecified atom stereocenters. The summed E-state index contributed by atoms with van der Waals surface area (Å²) in [5.74, 6) is 0.786. The molecule has 94 valence electrons. The van der Waals surface area contributed by atoms with Crippen LogP contribution in [0.2, 0.25) is 5.02 Å². The first-order valence-corrected chi connectivity index (χ1v) is 6.96. The predicted molar refractivity (Wildman–Crippen MR) is 74.7 cm³/mol. The van der Waals surface area contributed by atoms with Gasteiger partial charge in [-0.05, 0) is 24.0 Å². The molecule has 1 aromatic carbocycles. The number of hydrogen-bond donors (Lipinski definition) is 1. The van der Waals surface area contributed by atoms with Crippen LogP contribution >= 0.6 is 11.6 Å². The van der Waals surface area contributed by atoms with Crippen molar-refractivity contribution in [1.29, 1.82) is 0 Å². The molecule has 0 aromatic heterocycles. The average Bonchev–Trinajstić information content (AvgIpc) is 3.02. The van der Waals surface area contributed by atoms with Gasteiger partial charge in [0.1, 0.15) is 0 Å². The van der Waals surface area contributed by atoms with E-state index in [0.29, 0.717) is 6.04 Å². The largest absolute Gasteiger partial charge is 0.314 e. The standard InChI is InChI=1S/C15H22ClN/c1-4-12-9-15(12,10-17-11(2)3)13-7-5-6-8-14(13)16/h5-8,11-12,17H,4,9-10H2,1-3H3. The highest BCUT2D eigenvalue weighted by Crippen LogP contribution is 2.57. The maximum Gasteiger partial charge on any atom is 0.0444 e. The molecule has 1 aliphatic rings. The van der Waals surface area contributed by atoms with Gasteiger partial charge in [0.25, 0.3) is 0 Å². The zero-order valence-electron chi connectivity index (χ0n) is 11.0. The highest BCUT2D eigenvalue weighted by Gasteiger charge is 2.54. The molecule has 0 heterocycles. The van der Waals surface area contributed by atoms with Crippen molar-refractivity contribution in [1.82, 2.24) is 5.32 Å². The summed E-state index contributed by atoms with van der Waals surface area (Å²) in [6.45, 7) is 7.72. The van der Waals surface area contributed by atoms with Crippen molar-refractivity contribution in [2.75, 3.05) is 6.54 Å². The van der Waals surface area contributed by atoms with Crippen molar-refractivity contribution >= 4 is 11.6 Å². The molecule has 1 saturated carbocycles. The first-order chi connectivity index (χ1) is 8.10. The first-order valence-electron chi connectivity index (χ1n) is 6.58. The van der Waals surface area contributed by atoms with Gasteiger partial charge in [0, 0.05) is 23.0 Å². The van der Waals surface area contributed by atoms with E-state index in [1.54, 1.807) is 0 Å². The summed E-state index contributed by atoms with van der Waals surface area (Å²) in [5.41, 5.74) is 1.62. The van der Waals surface area contributed by atoms with E-state index in [1.807, 2.05) is 12.1 Å². The van der Waals surface area contributed by atoms with Gasteiger partial charge in [-0.25, -0.2) is 0 Å². The molecule has 1 aromatic rings. The molecular formula is C15H22ClN. The Bertz CT molecular complexity index is 388. The van der Waals surface area contributed by atoms with Crippen LogP contribution in [0.25, 0.3) is 0 Å². The van der Waals surface area contributed by atoms with Crippen molar-refractivity contribution in [3.8, 4) is 0 Å². The van der Waals surface area contributed by atoms with Crippen LogP contribution < -0.4 is 5.32 Å². The highest BCUT2D eigenvalue weighted by molar-refractivity contribution is 6.31. The van der Waals surface area contributed by atoms with Crippen LogP contribution in [0.4, 0.5) is 0 Å². The summed E-state index contributed by atoms with van der Waals surface area (Å²) in [4.78, 5) is 0. The molecular weight excluding hydrogens is 230 g/mol. The molecule has 1 fully saturated rings. The summed E-state index contributed by atoms with van der Waals surface area (Å²) in [5, 5.41) is 4.50. The maximum atomic E-state index is 6.36. The molecule has 1 N–H and O–H groups in total. The second kappa shape index (κ2) is 4.99. The molecule has 0 amide bonds. The Morgan fingerprint density at radius 3 is 2.65 bits per heavy atom. The fourth-order valence-corrected chi connectivity index (χ4v) is 3.13. The highest BCUT2D eigenvalue weighted by atomic mass is 35.5. The van der Waals surface area contributed by atoms with Crippen molar-refractivity contribution in [3.63, 3.8) is 0 Å². The van der Waals surface area contributed by atoms with E-state index in [4.69, 9.17) is 11.6 Å². The van der Waals surface area contributed by atoms with Crippen LogP contribution in [-0.4, -0.2) is 12.6 Å². The summed E-state index contributed by atoms with van der Waals surface area (Å²) in [7, 11) is 0. The zero-order valence-corrected chi connectivity index (χ0v) is 11.7. The van der Waals surface area contributed by atoms with E-state index < -0.39 is 0 Å². The normalized spacial score (nSPS) is 27.5. The van der Waals surface area contributed by atoms with E-state index in [-0.39, 0.29) is 5.41 Å². The van der Waals surface area contributed by atoms with Gasteiger partial charge in [-0.1, -0.05) is 57.0 Å². The van der Waals surface area contributed by atoms with E-state index in [2.05, 4.69) is 38.2 Å². The van der Waals surface area contributed by atoms with Crippen molar-refractivity contribution in [3.05, 3.63) is 34.9 Å². The van der Waals surface area contributed by atoms with Gasteiger partial charge in [0.05, 0.1) is 0 Å². The molecule has 2 atom stereocenters. The fraction of sp³-hybridized carbons (Fsp3) is 0.600. The monoisotopic (exact) mass is 251 g/mol. The molecule has 2 rings (SSSR count). The summed E-state index contributed by atoms with van der Waals surface area (Å²) in [6.07, 6.45) is 2.51. The molecule has 0 bridgehead atoms. The van der Waals surface area contributed by atoms with E-state index in [0.717, 1.165) is 17.5 Å². The smallest absolute Gasteiger partial charge is 0.0444 e. The van der Waals surface area contributed by atoms with Gasteiger partial charge >= 0.3 is 0 Å². The minimum Gasteiger partial charge on any atom is -0.314 e. The molecule has 2 heteroatoms. The molecule has 0 aliphatic heterocycles. The number of benzene rings is 1. The lowest BCUT2D eigenvalue weighted by Gasteiger charge is -2.21. The Morgan fingerprint density at radius 2 is 2.12 bits per heavy atom. The SMILES string of the molecule is CCC1CC1(CNC(C)C)c1ccccc1Cl. The van der Waals surface area contributed by atoms with Crippen LogP contribution in [0.5, 0.6) is 0 Å². The molecule has 17 heavy (non-hydrogen) atoms. The molecule has 1 nitrogen and oxygen atoms in total. The van der Waals surface area contributed by atoms with Crippen LogP contribution in [0.1, 0.15) is 39.2 Å². The average molecular weight is 252 g/mol. The van der Waals surface area contributed by atoms with Crippen molar-refractivity contribution in [2.45, 2.75) is 45.1 Å². The van der Waals surface area contributed by atoms with Crippen LogP contribution in [0, 0.1) is 5.92 Å². The van der Waals surface area contributed by atoms with E-state index in [1.165, 1.54) is 18.4 Å². The molecule has 1 aliphatic carbocycles. The van der Waals surface area contributed by atoms with Crippen molar-refractivity contribution < 1.29 is 0 Å².